The summed E-state index contributed by atoms with van der Waals surface area (Å²) in [6, 6.07) is 90.0. The van der Waals surface area contributed by atoms with Crippen LogP contribution in [0.15, 0.2) is 255 Å². The van der Waals surface area contributed by atoms with Crippen LogP contribution in [-0.2, 0) is 0 Å². The minimum atomic E-state index is -0.957. The molecule has 0 radical (unpaired) electrons. The summed E-state index contributed by atoms with van der Waals surface area (Å²) < 4.78 is 15.8. The van der Waals surface area contributed by atoms with Gasteiger partial charge in [-0.25, -0.2) is 0 Å². The molecule has 9 rings (SSSR count). The van der Waals surface area contributed by atoms with Crippen LogP contribution < -0.4 is 76.1 Å². The summed E-state index contributed by atoms with van der Waals surface area (Å²) in [5, 5.41) is 12.5. The van der Waals surface area contributed by atoms with E-state index in [0.717, 1.165) is 17.2 Å². The standard InChI is InChI=1S/3C19H17OP.3FH/c3*1-20-16-12-14-19(15-13-16)21(17-8-4-2-5-9-17)18-10-6-3-7-11-18;;;/h3*2-15H,1H3;3*1H. The van der Waals surface area contributed by atoms with E-state index in [2.05, 4.69) is 218 Å². The maximum atomic E-state index is 5.27. The van der Waals surface area contributed by atoms with Crippen LogP contribution in [0.4, 0.5) is 0 Å². The highest BCUT2D eigenvalue weighted by Gasteiger charge is 2.27. The van der Waals surface area contributed by atoms with E-state index in [0.29, 0.717) is 0 Å². The number of rotatable bonds is 12. The van der Waals surface area contributed by atoms with Gasteiger partial charge in [0.2, 0.25) is 0 Å². The van der Waals surface area contributed by atoms with Crippen LogP contribution in [0, 0.1) is 0 Å². The molecule has 3 nitrogen and oxygen atoms in total. The first-order valence-corrected chi connectivity index (χ1v) is 25.5. The summed E-state index contributed by atoms with van der Waals surface area (Å²) in [7, 11) is 2.24. The molecule has 0 amide bonds. The quantitative estimate of drug-likeness (QED) is 0.168. The van der Waals surface area contributed by atoms with Gasteiger partial charge < -0.3 is 28.3 Å². The van der Waals surface area contributed by atoms with E-state index in [4.69, 9.17) is 14.2 Å². The zero-order valence-electron chi connectivity index (χ0n) is 37.1. The normalized spacial score (nSPS) is 10.1. The molecule has 0 unspecified atom stereocenters. The fourth-order valence-corrected chi connectivity index (χ4v) is 15.1. The molecule has 0 bridgehead atoms. The summed E-state index contributed by atoms with van der Waals surface area (Å²) in [4.78, 5) is 0. The zero-order valence-corrected chi connectivity index (χ0v) is 40.1. The summed E-state index contributed by atoms with van der Waals surface area (Å²) in [5.41, 5.74) is 0. The monoisotopic (exact) mass is 936 g/mol. The Balaban J connectivity index is 0.000000212. The van der Waals surface area contributed by atoms with E-state index in [1.807, 2.05) is 36.4 Å². The van der Waals surface area contributed by atoms with Crippen LogP contribution in [-0.4, -0.2) is 21.3 Å². The molecule has 9 heteroatoms. The van der Waals surface area contributed by atoms with E-state index in [-0.39, 0.29) is 14.1 Å². The maximum Gasteiger partial charge on any atom is 0.119 e. The first-order valence-electron chi connectivity index (χ1n) is 21.0. The molecule has 336 valence electrons. The molecule has 0 fully saturated rings. The summed E-state index contributed by atoms with van der Waals surface area (Å²) in [6.07, 6.45) is 0. The largest absolute Gasteiger partial charge is 1.00 e. The van der Waals surface area contributed by atoms with Gasteiger partial charge in [-0.2, -0.15) is 0 Å². The molecule has 0 saturated heterocycles. The van der Waals surface area contributed by atoms with Gasteiger partial charge in [0.25, 0.3) is 0 Å². The number of benzene rings is 9. The molecule has 0 N–H and O–H groups in total. The van der Waals surface area contributed by atoms with Gasteiger partial charge in [0.1, 0.15) is 65.0 Å². The lowest BCUT2D eigenvalue weighted by Gasteiger charge is -2.11. The third-order valence-electron chi connectivity index (χ3n) is 10.5. The SMILES string of the molecule is COc1ccc([PH+](c2ccccc2)c2ccccc2)cc1.COc1ccc([PH+](c2ccccc2)c2ccccc2)cc1.COc1ccc([PH+](c2ccccc2)c2ccccc2)cc1.[F-].[F-].[F-]. The van der Waals surface area contributed by atoms with E-state index >= 15 is 0 Å². The van der Waals surface area contributed by atoms with Gasteiger partial charge in [0.15, 0.2) is 0 Å². The molecule has 9 aromatic carbocycles. The predicted molar refractivity (Wildman–Crippen MR) is 279 cm³/mol. The molecule has 0 spiro atoms. The Morgan fingerprint density at radius 2 is 0.333 bits per heavy atom. The Hall–Kier alpha value is -6.54. The zero-order chi connectivity index (χ0) is 43.5. The second-order valence-corrected chi connectivity index (χ2v) is 22.0. The fourth-order valence-electron chi connectivity index (χ4n) is 7.40. The fraction of sp³-hybridized carbons (Fsp3) is 0.0526. The number of ether oxygens (including phenoxy) is 3. The summed E-state index contributed by atoms with van der Waals surface area (Å²) >= 11 is 0. The Kier molecular flexibility index (Phi) is 21.9. The number of hydrogen-bond donors (Lipinski definition) is 0. The van der Waals surface area contributed by atoms with Crippen LogP contribution in [0.25, 0.3) is 0 Å². The molecule has 0 aliphatic carbocycles. The van der Waals surface area contributed by atoms with Gasteiger partial charge in [-0.3, -0.25) is 0 Å². The summed E-state index contributed by atoms with van der Waals surface area (Å²) in [5.74, 6) is 2.71. The Labute approximate surface area is 391 Å². The van der Waals surface area contributed by atoms with Gasteiger partial charge >= 0.3 is 0 Å². The van der Waals surface area contributed by atoms with Crippen LogP contribution in [0.1, 0.15) is 0 Å². The topological polar surface area (TPSA) is 27.7 Å². The molecule has 0 saturated carbocycles. The van der Waals surface area contributed by atoms with E-state index in [1.165, 1.54) is 47.7 Å². The van der Waals surface area contributed by atoms with Crippen molar-refractivity contribution in [1.29, 1.82) is 0 Å². The molecule has 9 aromatic rings. The van der Waals surface area contributed by atoms with Crippen LogP contribution in [0.3, 0.4) is 0 Å². The van der Waals surface area contributed by atoms with Crippen molar-refractivity contribution in [3.05, 3.63) is 255 Å². The Bertz CT molecular complexity index is 2230. The van der Waals surface area contributed by atoms with Crippen molar-refractivity contribution in [1.82, 2.24) is 0 Å². The number of hydrogen-bond acceptors (Lipinski definition) is 3. The Morgan fingerprint density at radius 1 is 0.197 bits per heavy atom. The molecule has 0 heterocycles. The van der Waals surface area contributed by atoms with Crippen molar-refractivity contribution in [3.63, 3.8) is 0 Å². The molecular weight excluding hydrogens is 883 g/mol. The van der Waals surface area contributed by atoms with Gasteiger partial charge in [0, 0.05) is 0 Å². The molecular formula is C57H54F3O3P3. The highest BCUT2D eigenvalue weighted by Crippen LogP contribution is 2.35. The van der Waals surface area contributed by atoms with E-state index in [9.17, 15) is 0 Å². The second kappa shape index (κ2) is 27.7. The smallest absolute Gasteiger partial charge is 0.119 e. The van der Waals surface area contributed by atoms with Crippen molar-refractivity contribution in [3.8, 4) is 17.2 Å². The van der Waals surface area contributed by atoms with Crippen LogP contribution in [0.2, 0.25) is 0 Å². The first-order chi connectivity index (χ1) is 31.1. The van der Waals surface area contributed by atoms with Gasteiger partial charge in [-0.1, -0.05) is 109 Å². The lowest BCUT2D eigenvalue weighted by molar-refractivity contribution is -0.001000. The minimum absolute atomic E-state index is 0. The van der Waals surface area contributed by atoms with Crippen molar-refractivity contribution >= 4 is 71.5 Å². The van der Waals surface area contributed by atoms with Crippen molar-refractivity contribution in [2.75, 3.05) is 21.3 Å². The molecule has 66 heavy (non-hydrogen) atoms. The first kappa shape index (κ1) is 52.1. The lowest BCUT2D eigenvalue weighted by atomic mass is 10.3. The average molecular weight is 937 g/mol. The predicted octanol–water partition coefficient (Wildman–Crippen LogP) is 0.569. The Morgan fingerprint density at radius 3 is 0.470 bits per heavy atom. The third-order valence-corrected chi connectivity index (χ3v) is 18.7. The van der Waals surface area contributed by atoms with Crippen LogP contribution in [0.5, 0.6) is 17.2 Å². The highest BCUT2D eigenvalue weighted by atomic mass is 31.1. The lowest BCUT2D eigenvalue weighted by Crippen LogP contribution is -3.00. The molecule has 0 aromatic heterocycles. The minimum Gasteiger partial charge on any atom is -1.00 e. The van der Waals surface area contributed by atoms with Crippen molar-refractivity contribution in [2.24, 2.45) is 0 Å². The molecule has 0 aliphatic rings. The van der Waals surface area contributed by atoms with E-state index in [1.54, 1.807) is 21.3 Å². The van der Waals surface area contributed by atoms with Gasteiger partial charge in [-0.15, -0.1) is 0 Å². The van der Waals surface area contributed by atoms with Gasteiger partial charge in [0.05, 0.1) is 45.1 Å². The van der Waals surface area contributed by atoms with Crippen molar-refractivity contribution in [2.45, 2.75) is 0 Å². The van der Waals surface area contributed by atoms with Crippen LogP contribution >= 0.6 is 23.8 Å². The second-order valence-electron chi connectivity index (χ2n) is 14.5. The maximum absolute atomic E-state index is 5.27. The van der Waals surface area contributed by atoms with Crippen molar-refractivity contribution < 1.29 is 28.3 Å². The van der Waals surface area contributed by atoms with Gasteiger partial charge in [-0.05, 0) is 146 Å². The van der Waals surface area contributed by atoms with E-state index < -0.39 is 23.8 Å². The number of halogens is 3. The average Bonchev–Trinajstić information content (AvgIpc) is 3.37. The number of methoxy groups -OCH3 is 3. The highest BCUT2D eigenvalue weighted by molar-refractivity contribution is 7.80. The third kappa shape index (κ3) is 14.2. The molecule has 0 atom stereocenters. The summed E-state index contributed by atoms with van der Waals surface area (Å²) in [6.45, 7) is 0. The molecule has 0 aliphatic heterocycles.